The van der Waals surface area contributed by atoms with Gasteiger partial charge in [0.05, 0.1) is 5.75 Å². The van der Waals surface area contributed by atoms with Gasteiger partial charge in [-0.15, -0.1) is 0 Å². The zero-order valence-electron chi connectivity index (χ0n) is 11.3. The Labute approximate surface area is 123 Å². The molecule has 112 valence electrons. The van der Waals surface area contributed by atoms with Crippen molar-refractivity contribution in [2.24, 2.45) is 5.73 Å². The molecule has 0 bridgehead atoms. The van der Waals surface area contributed by atoms with E-state index in [1.54, 1.807) is 24.3 Å². The van der Waals surface area contributed by atoms with Gasteiger partial charge in [0, 0.05) is 6.54 Å². The molecule has 0 fully saturated rings. The van der Waals surface area contributed by atoms with E-state index in [1.807, 2.05) is 0 Å². The van der Waals surface area contributed by atoms with Gasteiger partial charge >= 0.3 is 0 Å². The van der Waals surface area contributed by atoms with E-state index < -0.39 is 15.7 Å². The Morgan fingerprint density at radius 2 is 1.71 bits per heavy atom. The largest absolute Gasteiger partial charge is 0.493 e. The van der Waals surface area contributed by atoms with Gasteiger partial charge < -0.3 is 10.5 Å². The summed E-state index contributed by atoms with van der Waals surface area (Å²) in [6.45, 7) is 0.389. The molecule has 0 aliphatic carbocycles. The second-order valence-electron chi connectivity index (χ2n) is 4.45. The Morgan fingerprint density at radius 3 is 2.33 bits per heavy atom. The molecular formula is C15H16FNO3S. The van der Waals surface area contributed by atoms with Crippen LogP contribution in [0.2, 0.25) is 0 Å². The number of hydrogen-bond donors (Lipinski definition) is 1. The van der Waals surface area contributed by atoms with Crippen molar-refractivity contribution in [3.8, 4) is 5.75 Å². The highest BCUT2D eigenvalue weighted by Crippen LogP contribution is 2.16. The fraction of sp³-hybridized carbons (Fsp3) is 0.200. The SMILES string of the molecule is NCc1ccc(OCCS(=O)(=O)c2ccccc2F)cc1. The molecule has 2 aromatic rings. The van der Waals surface area contributed by atoms with E-state index in [2.05, 4.69) is 0 Å². The standard InChI is InChI=1S/C15H16FNO3S/c16-14-3-1-2-4-15(14)21(18,19)10-9-20-13-7-5-12(11-17)6-8-13/h1-8H,9-11,17H2. The third-order valence-electron chi connectivity index (χ3n) is 2.95. The van der Waals surface area contributed by atoms with Crippen molar-refractivity contribution in [3.63, 3.8) is 0 Å². The first-order valence-corrected chi connectivity index (χ1v) is 8.07. The lowest BCUT2D eigenvalue weighted by atomic mass is 10.2. The van der Waals surface area contributed by atoms with Gasteiger partial charge in [-0.1, -0.05) is 24.3 Å². The number of hydrogen-bond acceptors (Lipinski definition) is 4. The summed E-state index contributed by atoms with van der Waals surface area (Å²) in [5, 5.41) is 0. The maximum absolute atomic E-state index is 13.5. The minimum atomic E-state index is -3.69. The lowest BCUT2D eigenvalue weighted by Crippen LogP contribution is -2.15. The lowest BCUT2D eigenvalue weighted by molar-refractivity contribution is 0.340. The van der Waals surface area contributed by atoms with Crippen LogP contribution in [0.5, 0.6) is 5.75 Å². The van der Waals surface area contributed by atoms with Crippen LogP contribution in [0.3, 0.4) is 0 Å². The predicted octanol–water partition coefficient (Wildman–Crippen LogP) is 2.14. The number of halogens is 1. The Bertz CT molecular complexity index is 699. The zero-order valence-corrected chi connectivity index (χ0v) is 12.1. The molecule has 0 amide bonds. The summed E-state index contributed by atoms with van der Waals surface area (Å²) >= 11 is 0. The summed E-state index contributed by atoms with van der Waals surface area (Å²) in [4.78, 5) is -0.299. The fourth-order valence-corrected chi connectivity index (χ4v) is 2.97. The van der Waals surface area contributed by atoms with E-state index >= 15 is 0 Å². The third-order valence-corrected chi connectivity index (χ3v) is 4.66. The normalized spacial score (nSPS) is 11.3. The van der Waals surface area contributed by atoms with Crippen molar-refractivity contribution in [3.05, 3.63) is 59.9 Å². The highest BCUT2D eigenvalue weighted by Gasteiger charge is 2.18. The molecule has 0 spiro atoms. The lowest BCUT2D eigenvalue weighted by Gasteiger charge is -2.08. The van der Waals surface area contributed by atoms with E-state index in [9.17, 15) is 12.8 Å². The van der Waals surface area contributed by atoms with E-state index in [4.69, 9.17) is 10.5 Å². The Kier molecular flexibility index (Phi) is 4.93. The highest BCUT2D eigenvalue weighted by atomic mass is 32.2. The average Bonchev–Trinajstić information content (AvgIpc) is 2.48. The van der Waals surface area contributed by atoms with Crippen LogP contribution < -0.4 is 10.5 Å². The summed E-state index contributed by atoms with van der Waals surface area (Å²) in [6.07, 6.45) is 0. The molecule has 2 N–H and O–H groups in total. The van der Waals surface area contributed by atoms with Crippen LogP contribution in [0.4, 0.5) is 4.39 Å². The zero-order chi connectivity index (χ0) is 15.3. The third kappa shape index (κ3) is 4.03. The van der Waals surface area contributed by atoms with Crippen LogP contribution in [-0.2, 0) is 16.4 Å². The predicted molar refractivity (Wildman–Crippen MR) is 78.3 cm³/mol. The number of ether oxygens (including phenoxy) is 1. The van der Waals surface area contributed by atoms with Gasteiger partial charge in [0.2, 0.25) is 0 Å². The topological polar surface area (TPSA) is 69.4 Å². The van der Waals surface area contributed by atoms with Gasteiger partial charge in [0.1, 0.15) is 23.1 Å². The van der Waals surface area contributed by atoms with Crippen LogP contribution in [0.15, 0.2) is 53.4 Å². The molecule has 0 atom stereocenters. The maximum atomic E-state index is 13.5. The van der Waals surface area contributed by atoms with E-state index in [0.717, 1.165) is 11.6 Å². The van der Waals surface area contributed by atoms with Gasteiger partial charge in [-0.05, 0) is 29.8 Å². The second-order valence-corrected chi connectivity index (χ2v) is 6.52. The van der Waals surface area contributed by atoms with Gasteiger partial charge in [-0.25, -0.2) is 12.8 Å². The first-order valence-electron chi connectivity index (χ1n) is 6.42. The number of sulfone groups is 1. The summed E-state index contributed by atoms with van der Waals surface area (Å²) < 4.78 is 42.9. The van der Waals surface area contributed by atoms with Crippen molar-refractivity contribution < 1.29 is 17.5 Å². The smallest absolute Gasteiger partial charge is 0.184 e. The van der Waals surface area contributed by atoms with E-state index in [-0.39, 0.29) is 17.3 Å². The van der Waals surface area contributed by atoms with Gasteiger partial charge in [-0.2, -0.15) is 0 Å². The number of nitrogens with two attached hydrogens (primary N) is 1. The summed E-state index contributed by atoms with van der Waals surface area (Å²) in [7, 11) is -3.69. The molecule has 0 saturated heterocycles. The molecular weight excluding hydrogens is 293 g/mol. The molecule has 4 nitrogen and oxygen atoms in total. The Hall–Kier alpha value is -1.92. The number of rotatable bonds is 6. The minimum Gasteiger partial charge on any atom is -0.493 e. The second kappa shape index (κ2) is 6.69. The van der Waals surface area contributed by atoms with Crippen LogP contribution in [0, 0.1) is 5.82 Å². The minimum absolute atomic E-state index is 0.0430. The quantitative estimate of drug-likeness (QED) is 0.887. The molecule has 21 heavy (non-hydrogen) atoms. The van der Waals surface area contributed by atoms with Crippen LogP contribution in [0.1, 0.15) is 5.56 Å². The summed E-state index contributed by atoms with van der Waals surface area (Å²) in [6, 6.07) is 12.4. The average molecular weight is 309 g/mol. The molecule has 0 unspecified atom stereocenters. The Morgan fingerprint density at radius 1 is 1.05 bits per heavy atom. The van der Waals surface area contributed by atoms with Crippen LogP contribution in [-0.4, -0.2) is 20.8 Å². The van der Waals surface area contributed by atoms with Gasteiger partial charge in [0.25, 0.3) is 0 Å². The van der Waals surface area contributed by atoms with Crippen molar-refractivity contribution in [1.29, 1.82) is 0 Å². The monoisotopic (exact) mass is 309 g/mol. The first kappa shape index (κ1) is 15.5. The van der Waals surface area contributed by atoms with E-state index in [1.165, 1.54) is 18.2 Å². The maximum Gasteiger partial charge on any atom is 0.184 e. The highest BCUT2D eigenvalue weighted by molar-refractivity contribution is 7.91. The van der Waals surface area contributed by atoms with Crippen molar-refractivity contribution >= 4 is 9.84 Å². The summed E-state index contributed by atoms with van der Waals surface area (Å²) in [5.41, 5.74) is 6.44. The van der Waals surface area contributed by atoms with Crippen molar-refractivity contribution in [1.82, 2.24) is 0 Å². The molecule has 0 saturated carbocycles. The molecule has 2 aromatic carbocycles. The van der Waals surface area contributed by atoms with Crippen molar-refractivity contribution in [2.75, 3.05) is 12.4 Å². The fourth-order valence-electron chi connectivity index (χ4n) is 1.80. The molecule has 0 aromatic heterocycles. The van der Waals surface area contributed by atoms with Gasteiger partial charge in [0.15, 0.2) is 9.84 Å². The van der Waals surface area contributed by atoms with Crippen molar-refractivity contribution in [2.45, 2.75) is 11.4 Å². The van der Waals surface area contributed by atoms with E-state index in [0.29, 0.717) is 12.3 Å². The van der Waals surface area contributed by atoms with Gasteiger partial charge in [-0.3, -0.25) is 0 Å². The summed E-state index contributed by atoms with van der Waals surface area (Å²) in [5.74, 6) is -0.479. The molecule has 6 heteroatoms. The van der Waals surface area contributed by atoms with Crippen LogP contribution in [0.25, 0.3) is 0 Å². The molecule has 0 heterocycles. The van der Waals surface area contributed by atoms with Crippen LogP contribution >= 0.6 is 0 Å². The first-order chi connectivity index (χ1) is 10.0. The molecule has 0 radical (unpaired) electrons. The molecule has 0 aliphatic rings. The molecule has 2 rings (SSSR count). The molecule has 0 aliphatic heterocycles. The number of benzene rings is 2. The Balaban J connectivity index is 1.97.